The van der Waals surface area contributed by atoms with Crippen LogP contribution < -0.4 is 0 Å². The minimum Gasteiger partial charge on any atom is -0.479 e. The normalized spacial score (nSPS) is 38.5. The van der Waals surface area contributed by atoms with Crippen LogP contribution >= 0.6 is 0 Å². The third kappa shape index (κ3) is 1.70. The predicted molar refractivity (Wildman–Crippen MR) is 37.2 cm³/mol. The zero-order valence-corrected chi connectivity index (χ0v) is 6.41. The molecular weight excluding hydrogens is 148 g/mol. The summed E-state index contributed by atoms with van der Waals surface area (Å²) in [6.45, 7) is 1.66. The molecule has 1 rings (SSSR count). The molecule has 0 saturated carbocycles. The molecule has 2 atom stereocenters. The van der Waals surface area contributed by atoms with Gasteiger partial charge in [0, 0.05) is 0 Å². The van der Waals surface area contributed by atoms with E-state index in [9.17, 15) is 4.79 Å². The first-order valence-corrected chi connectivity index (χ1v) is 3.60. The van der Waals surface area contributed by atoms with E-state index in [1.165, 1.54) is 6.92 Å². The summed E-state index contributed by atoms with van der Waals surface area (Å²) < 4.78 is 4.99. The first-order chi connectivity index (χ1) is 5.04. The van der Waals surface area contributed by atoms with Gasteiger partial charge in [-0.2, -0.15) is 0 Å². The number of carboxylic acid groups (broad SMARTS) is 1. The standard InChI is InChI=1S/C7H12O4/c1-7(6(9)10)3-2-5(8)4-11-7/h5,8H,2-4H2,1H3,(H,9,10). The van der Waals surface area contributed by atoms with E-state index in [2.05, 4.69) is 0 Å². The highest BCUT2D eigenvalue weighted by Gasteiger charge is 2.38. The second-order valence-corrected chi connectivity index (χ2v) is 3.04. The molecule has 0 aromatic rings. The number of carbonyl (C=O) groups is 1. The summed E-state index contributed by atoms with van der Waals surface area (Å²) in [4.78, 5) is 10.6. The Balaban J connectivity index is 2.55. The zero-order chi connectivity index (χ0) is 8.48. The van der Waals surface area contributed by atoms with Crippen molar-refractivity contribution in [2.45, 2.75) is 31.5 Å². The zero-order valence-electron chi connectivity index (χ0n) is 6.41. The number of ether oxygens (including phenoxy) is 1. The van der Waals surface area contributed by atoms with Crippen LogP contribution in [0.5, 0.6) is 0 Å². The van der Waals surface area contributed by atoms with Crippen LogP contribution in [0.3, 0.4) is 0 Å². The summed E-state index contributed by atoms with van der Waals surface area (Å²) >= 11 is 0. The number of carboxylic acids is 1. The summed E-state index contributed by atoms with van der Waals surface area (Å²) in [6, 6.07) is 0. The smallest absolute Gasteiger partial charge is 0.335 e. The molecule has 1 saturated heterocycles. The van der Waals surface area contributed by atoms with E-state index in [1.54, 1.807) is 0 Å². The number of hydrogen-bond acceptors (Lipinski definition) is 3. The summed E-state index contributed by atoms with van der Waals surface area (Å²) in [5.74, 6) is -0.954. The van der Waals surface area contributed by atoms with Crippen molar-refractivity contribution in [3.63, 3.8) is 0 Å². The maximum atomic E-state index is 10.6. The van der Waals surface area contributed by atoms with Gasteiger partial charge in [0.2, 0.25) is 0 Å². The number of rotatable bonds is 1. The van der Waals surface area contributed by atoms with Gasteiger partial charge in [-0.25, -0.2) is 4.79 Å². The van der Waals surface area contributed by atoms with Crippen molar-refractivity contribution in [2.75, 3.05) is 6.61 Å². The molecule has 1 fully saturated rings. The molecule has 0 spiro atoms. The fourth-order valence-corrected chi connectivity index (χ4v) is 1.05. The minimum absolute atomic E-state index is 0.128. The van der Waals surface area contributed by atoms with Gasteiger partial charge in [-0.3, -0.25) is 0 Å². The van der Waals surface area contributed by atoms with Crippen LogP contribution in [0, 0.1) is 0 Å². The summed E-state index contributed by atoms with van der Waals surface area (Å²) in [5.41, 5.74) is -1.08. The Hall–Kier alpha value is -0.610. The van der Waals surface area contributed by atoms with Crippen LogP contribution in [0.25, 0.3) is 0 Å². The maximum Gasteiger partial charge on any atom is 0.335 e. The van der Waals surface area contributed by atoms with Gasteiger partial charge in [0.15, 0.2) is 5.60 Å². The van der Waals surface area contributed by atoms with E-state index < -0.39 is 17.7 Å². The molecule has 0 aliphatic carbocycles. The second kappa shape index (κ2) is 2.79. The minimum atomic E-state index is -1.08. The largest absolute Gasteiger partial charge is 0.479 e. The Morgan fingerprint density at radius 3 is 2.73 bits per heavy atom. The Kier molecular flexibility index (Phi) is 2.15. The quantitative estimate of drug-likeness (QED) is 0.566. The fourth-order valence-electron chi connectivity index (χ4n) is 1.05. The average molecular weight is 160 g/mol. The molecule has 1 heterocycles. The summed E-state index contributed by atoms with van der Waals surface area (Å²) in [5, 5.41) is 17.7. The third-order valence-corrected chi connectivity index (χ3v) is 2.00. The lowest BCUT2D eigenvalue weighted by molar-refractivity contribution is -0.176. The first kappa shape index (κ1) is 8.49. The molecule has 0 amide bonds. The Morgan fingerprint density at radius 1 is 1.73 bits per heavy atom. The van der Waals surface area contributed by atoms with E-state index >= 15 is 0 Å². The van der Waals surface area contributed by atoms with Gasteiger partial charge in [-0.1, -0.05) is 0 Å². The highest BCUT2D eigenvalue weighted by molar-refractivity contribution is 5.76. The number of aliphatic hydroxyl groups excluding tert-OH is 1. The first-order valence-electron chi connectivity index (χ1n) is 3.60. The predicted octanol–water partition coefficient (Wildman–Crippen LogP) is 0.00100. The molecular formula is C7H12O4. The molecule has 4 heteroatoms. The summed E-state index contributed by atoms with van der Waals surface area (Å²) in [7, 11) is 0. The van der Waals surface area contributed by atoms with Gasteiger partial charge in [-0.15, -0.1) is 0 Å². The molecule has 0 bridgehead atoms. The Bertz CT molecular complexity index is 158. The van der Waals surface area contributed by atoms with E-state index in [-0.39, 0.29) is 6.61 Å². The molecule has 1 aliphatic rings. The maximum absolute atomic E-state index is 10.6. The van der Waals surface area contributed by atoms with Crippen LogP contribution in [-0.2, 0) is 9.53 Å². The Morgan fingerprint density at radius 2 is 2.36 bits per heavy atom. The molecule has 11 heavy (non-hydrogen) atoms. The van der Waals surface area contributed by atoms with Crippen molar-refractivity contribution in [2.24, 2.45) is 0 Å². The number of aliphatic carboxylic acids is 1. The lowest BCUT2D eigenvalue weighted by atomic mass is 9.95. The van der Waals surface area contributed by atoms with Gasteiger partial charge in [0.1, 0.15) is 0 Å². The van der Waals surface area contributed by atoms with Crippen molar-refractivity contribution in [3.8, 4) is 0 Å². The van der Waals surface area contributed by atoms with Crippen molar-refractivity contribution < 1.29 is 19.7 Å². The van der Waals surface area contributed by atoms with Gasteiger partial charge in [0.05, 0.1) is 12.7 Å². The van der Waals surface area contributed by atoms with Crippen molar-refractivity contribution >= 4 is 5.97 Å². The lowest BCUT2D eigenvalue weighted by Crippen LogP contribution is -2.45. The number of hydrogen-bond donors (Lipinski definition) is 2. The lowest BCUT2D eigenvalue weighted by Gasteiger charge is -2.31. The van der Waals surface area contributed by atoms with Gasteiger partial charge in [-0.05, 0) is 19.8 Å². The highest BCUT2D eigenvalue weighted by Crippen LogP contribution is 2.24. The van der Waals surface area contributed by atoms with E-state index in [1.807, 2.05) is 0 Å². The van der Waals surface area contributed by atoms with E-state index in [0.717, 1.165) is 0 Å². The van der Waals surface area contributed by atoms with Gasteiger partial charge < -0.3 is 14.9 Å². The molecule has 0 aromatic heterocycles. The molecule has 2 N–H and O–H groups in total. The van der Waals surface area contributed by atoms with Crippen LogP contribution in [0.4, 0.5) is 0 Å². The second-order valence-electron chi connectivity index (χ2n) is 3.04. The van der Waals surface area contributed by atoms with E-state index in [0.29, 0.717) is 12.8 Å². The van der Waals surface area contributed by atoms with Crippen LogP contribution in [0.15, 0.2) is 0 Å². The van der Waals surface area contributed by atoms with Gasteiger partial charge in [0.25, 0.3) is 0 Å². The molecule has 0 radical (unpaired) electrons. The fraction of sp³-hybridized carbons (Fsp3) is 0.857. The molecule has 2 unspecified atom stereocenters. The molecule has 64 valence electrons. The monoisotopic (exact) mass is 160 g/mol. The van der Waals surface area contributed by atoms with Crippen LogP contribution in [0.1, 0.15) is 19.8 Å². The number of aliphatic hydroxyl groups is 1. The van der Waals surface area contributed by atoms with Crippen molar-refractivity contribution in [1.29, 1.82) is 0 Å². The third-order valence-electron chi connectivity index (χ3n) is 2.00. The van der Waals surface area contributed by atoms with Crippen LogP contribution in [-0.4, -0.2) is 34.5 Å². The average Bonchev–Trinajstić information content (AvgIpc) is 1.95. The Labute approximate surface area is 64.8 Å². The highest BCUT2D eigenvalue weighted by atomic mass is 16.5. The topological polar surface area (TPSA) is 66.8 Å². The van der Waals surface area contributed by atoms with Crippen LogP contribution in [0.2, 0.25) is 0 Å². The molecule has 1 aliphatic heterocycles. The SMILES string of the molecule is CC1(C(=O)O)CCC(O)CO1. The van der Waals surface area contributed by atoms with E-state index in [4.69, 9.17) is 14.9 Å². The summed E-state index contributed by atoms with van der Waals surface area (Å²) in [6.07, 6.45) is 0.383. The molecule has 0 aromatic carbocycles. The molecule has 4 nitrogen and oxygen atoms in total. The van der Waals surface area contributed by atoms with Gasteiger partial charge >= 0.3 is 5.97 Å². The van der Waals surface area contributed by atoms with Crippen molar-refractivity contribution in [1.82, 2.24) is 0 Å². The van der Waals surface area contributed by atoms with Crippen molar-refractivity contribution in [3.05, 3.63) is 0 Å².